The van der Waals surface area contributed by atoms with Gasteiger partial charge in [0.25, 0.3) is 5.91 Å². The molecule has 1 N–H and O–H groups in total. The maximum atomic E-state index is 12.2. The summed E-state index contributed by atoms with van der Waals surface area (Å²) in [4.78, 5) is 12.2. The summed E-state index contributed by atoms with van der Waals surface area (Å²) in [5.74, 6) is 0.763. The predicted octanol–water partition coefficient (Wildman–Crippen LogP) is 8.06. The zero-order valence-corrected chi connectivity index (χ0v) is 20.3. The van der Waals surface area contributed by atoms with E-state index in [4.69, 9.17) is 4.74 Å². The molecule has 1 rings (SSSR count). The SMILES string of the molecule is CCCCCCCCCCCCCCCCNC(=O)c1ccc(OCC)c(Br)c1. The van der Waals surface area contributed by atoms with Crippen LogP contribution in [-0.4, -0.2) is 19.1 Å². The zero-order valence-electron chi connectivity index (χ0n) is 18.7. The number of ether oxygens (including phenoxy) is 1. The lowest BCUT2D eigenvalue weighted by Gasteiger charge is -2.09. The van der Waals surface area contributed by atoms with Gasteiger partial charge in [0.05, 0.1) is 11.1 Å². The second-order valence-electron chi connectivity index (χ2n) is 7.93. The van der Waals surface area contributed by atoms with Crippen LogP contribution in [0.4, 0.5) is 0 Å². The summed E-state index contributed by atoms with van der Waals surface area (Å²) in [7, 11) is 0. The first-order valence-electron chi connectivity index (χ1n) is 11.9. The fraction of sp³-hybridized carbons (Fsp3) is 0.720. The maximum Gasteiger partial charge on any atom is 0.251 e. The van der Waals surface area contributed by atoms with Gasteiger partial charge < -0.3 is 10.1 Å². The average molecular weight is 469 g/mol. The van der Waals surface area contributed by atoms with Gasteiger partial charge in [-0.05, 0) is 47.5 Å². The lowest BCUT2D eigenvalue weighted by molar-refractivity contribution is 0.0953. The summed E-state index contributed by atoms with van der Waals surface area (Å²) in [6, 6.07) is 5.48. The lowest BCUT2D eigenvalue weighted by atomic mass is 10.0. The van der Waals surface area contributed by atoms with Crippen molar-refractivity contribution in [3.05, 3.63) is 28.2 Å². The van der Waals surface area contributed by atoms with Crippen LogP contribution < -0.4 is 10.1 Å². The summed E-state index contributed by atoms with van der Waals surface area (Å²) in [5, 5.41) is 3.02. The van der Waals surface area contributed by atoms with Crippen molar-refractivity contribution in [2.24, 2.45) is 0 Å². The Morgan fingerprint density at radius 3 is 1.83 bits per heavy atom. The third-order valence-corrected chi connectivity index (χ3v) is 5.93. The zero-order chi connectivity index (χ0) is 21.2. The van der Waals surface area contributed by atoms with E-state index < -0.39 is 0 Å². The number of benzene rings is 1. The van der Waals surface area contributed by atoms with Crippen molar-refractivity contribution < 1.29 is 9.53 Å². The molecule has 0 atom stereocenters. The van der Waals surface area contributed by atoms with Crippen LogP contribution in [0, 0.1) is 0 Å². The van der Waals surface area contributed by atoms with E-state index in [0.29, 0.717) is 12.2 Å². The number of hydrogen-bond acceptors (Lipinski definition) is 2. The number of hydrogen-bond donors (Lipinski definition) is 1. The first-order chi connectivity index (χ1) is 14.2. The Hall–Kier alpha value is -1.03. The van der Waals surface area contributed by atoms with Crippen LogP contribution in [0.3, 0.4) is 0 Å². The van der Waals surface area contributed by atoms with Crippen LogP contribution in [-0.2, 0) is 0 Å². The molecular formula is C25H42BrNO2. The molecule has 0 aromatic heterocycles. The third kappa shape index (κ3) is 13.0. The molecule has 0 radical (unpaired) electrons. The van der Waals surface area contributed by atoms with E-state index >= 15 is 0 Å². The van der Waals surface area contributed by atoms with Crippen molar-refractivity contribution in [2.45, 2.75) is 104 Å². The van der Waals surface area contributed by atoms with Gasteiger partial charge >= 0.3 is 0 Å². The molecule has 1 amide bonds. The monoisotopic (exact) mass is 467 g/mol. The van der Waals surface area contributed by atoms with Gasteiger partial charge in [-0.1, -0.05) is 90.4 Å². The summed E-state index contributed by atoms with van der Waals surface area (Å²) < 4.78 is 6.31. The van der Waals surface area contributed by atoms with Gasteiger partial charge in [0.2, 0.25) is 0 Å². The normalized spacial score (nSPS) is 10.9. The van der Waals surface area contributed by atoms with E-state index in [1.807, 2.05) is 25.1 Å². The van der Waals surface area contributed by atoms with Crippen molar-refractivity contribution in [1.82, 2.24) is 5.32 Å². The van der Waals surface area contributed by atoms with E-state index in [1.165, 1.54) is 83.5 Å². The van der Waals surface area contributed by atoms with Crippen LogP contribution >= 0.6 is 15.9 Å². The minimum Gasteiger partial charge on any atom is -0.493 e. The van der Waals surface area contributed by atoms with Crippen molar-refractivity contribution in [3.8, 4) is 5.75 Å². The lowest BCUT2D eigenvalue weighted by Crippen LogP contribution is -2.24. The second kappa shape index (κ2) is 17.8. The molecule has 0 fully saturated rings. The summed E-state index contributed by atoms with van der Waals surface area (Å²) in [5.41, 5.74) is 0.672. The van der Waals surface area contributed by atoms with E-state index in [1.54, 1.807) is 0 Å². The van der Waals surface area contributed by atoms with Crippen molar-refractivity contribution >= 4 is 21.8 Å². The van der Waals surface area contributed by atoms with Gasteiger partial charge in [-0.3, -0.25) is 4.79 Å². The van der Waals surface area contributed by atoms with Gasteiger partial charge in [-0.2, -0.15) is 0 Å². The molecule has 0 aliphatic heterocycles. The quantitative estimate of drug-likeness (QED) is 0.221. The molecule has 0 aliphatic carbocycles. The first kappa shape index (κ1) is 26.0. The summed E-state index contributed by atoms with van der Waals surface area (Å²) in [6.45, 7) is 5.59. The molecule has 0 unspecified atom stereocenters. The Kier molecular flexibility index (Phi) is 16.0. The van der Waals surface area contributed by atoms with Crippen molar-refractivity contribution in [3.63, 3.8) is 0 Å². The number of halogens is 1. The number of unbranched alkanes of at least 4 members (excludes halogenated alkanes) is 13. The topological polar surface area (TPSA) is 38.3 Å². The van der Waals surface area contributed by atoms with Crippen molar-refractivity contribution in [2.75, 3.05) is 13.2 Å². The second-order valence-corrected chi connectivity index (χ2v) is 8.78. The van der Waals surface area contributed by atoms with Gasteiger partial charge in [0, 0.05) is 12.1 Å². The highest BCUT2D eigenvalue weighted by Gasteiger charge is 2.08. The minimum atomic E-state index is -0.0107. The van der Waals surface area contributed by atoms with Crippen molar-refractivity contribution in [1.29, 1.82) is 0 Å². The Labute approximate surface area is 187 Å². The fourth-order valence-electron chi connectivity index (χ4n) is 3.54. The van der Waals surface area contributed by atoms with E-state index in [-0.39, 0.29) is 5.91 Å². The number of carbonyl (C=O) groups is 1. The van der Waals surface area contributed by atoms with E-state index in [0.717, 1.165) is 23.2 Å². The first-order valence-corrected chi connectivity index (χ1v) is 12.7. The summed E-state index contributed by atoms with van der Waals surface area (Å²) in [6.07, 6.45) is 18.9. The molecule has 0 saturated heterocycles. The number of carbonyl (C=O) groups excluding carboxylic acids is 1. The molecule has 1 aromatic rings. The van der Waals surface area contributed by atoms with Gasteiger partial charge in [0.1, 0.15) is 5.75 Å². The smallest absolute Gasteiger partial charge is 0.251 e. The maximum absolute atomic E-state index is 12.2. The molecule has 29 heavy (non-hydrogen) atoms. The van der Waals surface area contributed by atoms with Crippen LogP contribution in [0.5, 0.6) is 5.75 Å². The van der Waals surface area contributed by atoms with E-state index in [2.05, 4.69) is 28.2 Å². The van der Waals surface area contributed by atoms with Crippen LogP contribution in [0.25, 0.3) is 0 Å². The van der Waals surface area contributed by atoms with E-state index in [9.17, 15) is 4.79 Å². The Bertz CT molecular complexity index is 548. The largest absolute Gasteiger partial charge is 0.493 e. The molecule has 0 saturated carbocycles. The highest BCUT2D eigenvalue weighted by molar-refractivity contribution is 9.10. The molecule has 0 heterocycles. The molecule has 4 heteroatoms. The molecule has 3 nitrogen and oxygen atoms in total. The number of amides is 1. The Balaban J connectivity index is 1.94. The predicted molar refractivity (Wildman–Crippen MR) is 128 cm³/mol. The Morgan fingerprint density at radius 2 is 1.34 bits per heavy atom. The minimum absolute atomic E-state index is 0.0107. The molecule has 0 spiro atoms. The molecule has 0 bridgehead atoms. The molecular weight excluding hydrogens is 426 g/mol. The van der Waals surface area contributed by atoms with Gasteiger partial charge in [-0.15, -0.1) is 0 Å². The van der Waals surface area contributed by atoms with Gasteiger partial charge in [0.15, 0.2) is 0 Å². The standard InChI is InChI=1S/C25H42BrNO2/c1-3-5-6-7-8-9-10-11-12-13-14-15-16-17-20-27-25(28)22-18-19-24(29-4-2)23(26)21-22/h18-19,21H,3-17,20H2,1-2H3,(H,27,28). The summed E-state index contributed by atoms with van der Waals surface area (Å²) >= 11 is 3.46. The molecule has 1 aromatic carbocycles. The molecule has 0 aliphatic rings. The van der Waals surface area contributed by atoms with Gasteiger partial charge in [-0.25, -0.2) is 0 Å². The number of nitrogens with one attached hydrogen (secondary N) is 1. The average Bonchev–Trinajstić information content (AvgIpc) is 2.72. The Morgan fingerprint density at radius 1 is 0.828 bits per heavy atom. The highest BCUT2D eigenvalue weighted by atomic mass is 79.9. The molecule has 166 valence electrons. The van der Waals surface area contributed by atoms with Crippen LogP contribution in [0.2, 0.25) is 0 Å². The number of rotatable bonds is 18. The van der Waals surface area contributed by atoms with Crippen LogP contribution in [0.15, 0.2) is 22.7 Å². The van der Waals surface area contributed by atoms with Crippen LogP contribution in [0.1, 0.15) is 114 Å². The third-order valence-electron chi connectivity index (χ3n) is 5.31. The fourth-order valence-corrected chi connectivity index (χ4v) is 4.03. The highest BCUT2D eigenvalue weighted by Crippen LogP contribution is 2.26.